The minimum Gasteiger partial charge on any atom is -0.384 e. The van der Waals surface area contributed by atoms with Crippen molar-refractivity contribution in [3.8, 4) is 0 Å². The maximum atomic E-state index is 11.7. The third-order valence-corrected chi connectivity index (χ3v) is 2.71. The van der Waals surface area contributed by atoms with Gasteiger partial charge in [0.25, 0.3) is 0 Å². The Morgan fingerprint density at radius 2 is 1.95 bits per heavy atom. The summed E-state index contributed by atoms with van der Waals surface area (Å²) in [5.41, 5.74) is 7.21. The molecule has 0 aliphatic rings. The first kappa shape index (κ1) is 15.5. The molecule has 106 valence electrons. The van der Waals surface area contributed by atoms with Crippen LogP contribution in [0.3, 0.4) is 0 Å². The van der Waals surface area contributed by atoms with Crippen LogP contribution in [-0.4, -0.2) is 26.3 Å². The number of methoxy groups -OCH3 is 1. The van der Waals surface area contributed by atoms with Crippen LogP contribution < -0.4 is 16.4 Å². The van der Waals surface area contributed by atoms with E-state index in [-0.39, 0.29) is 11.4 Å². The number of carbonyl (C=O) groups is 1. The fourth-order valence-electron chi connectivity index (χ4n) is 1.66. The normalized spacial score (nSPS) is 11.2. The van der Waals surface area contributed by atoms with Gasteiger partial charge in [-0.25, -0.2) is 4.79 Å². The summed E-state index contributed by atoms with van der Waals surface area (Å²) in [5, 5.41) is 5.61. The van der Waals surface area contributed by atoms with Gasteiger partial charge in [-0.15, -0.1) is 0 Å². The van der Waals surface area contributed by atoms with Gasteiger partial charge in [-0.2, -0.15) is 0 Å². The lowest BCUT2D eigenvalue weighted by molar-refractivity contribution is 0.105. The van der Waals surface area contributed by atoms with Crippen molar-refractivity contribution in [2.45, 2.75) is 20.4 Å². The molecular weight excluding hydrogens is 242 g/mol. The molecule has 0 bridgehead atoms. The first-order valence-electron chi connectivity index (χ1n) is 6.29. The summed E-state index contributed by atoms with van der Waals surface area (Å²) in [6.45, 7) is 5.71. The van der Waals surface area contributed by atoms with E-state index in [1.807, 2.05) is 38.1 Å². The molecule has 0 saturated carbocycles. The van der Waals surface area contributed by atoms with Gasteiger partial charge >= 0.3 is 6.03 Å². The third kappa shape index (κ3) is 5.72. The molecule has 5 nitrogen and oxygen atoms in total. The highest BCUT2D eigenvalue weighted by Gasteiger charge is 2.18. The predicted molar refractivity (Wildman–Crippen MR) is 77.0 cm³/mol. The molecule has 0 radical (unpaired) electrons. The molecular formula is C14H23N3O2. The van der Waals surface area contributed by atoms with Crippen molar-refractivity contribution in [1.82, 2.24) is 5.32 Å². The average molecular weight is 265 g/mol. The van der Waals surface area contributed by atoms with Crippen molar-refractivity contribution >= 4 is 11.7 Å². The zero-order valence-electron chi connectivity index (χ0n) is 11.8. The molecule has 0 aliphatic heterocycles. The van der Waals surface area contributed by atoms with Gasteiger partial charge in [0.15, 0.2) is 0 Å². The Kier molecular flexibility index (Phi) is 5.79. The Bertz CT molecular complexity index is 402. The summed E-state index contributed by atoms with van der Waals surface area (Å²) >= 11 is 0. The number of nitrogens with one attached hydrogen (secondary N) is 2. The Hall–Kier alpha value is -1.59. The van der Waals surface area contributed by atoms with Gasteiger partial charge in [-0.1, -0.05) is 26.0 Å². The highest BCUT2D eigenvalue weighted by atomic mass is 16.5. The second-order valence-electron chi connectivity index (χ2n) is 5.31. The van der Waals surface area contributed by atoms with Crippen LogP contribution in [0.2, 0.25) is 0 Å². The lowest BCUT2D eigenvalue weighted by Gasteiger charge is -2.23. The van der Waals surface area contributed by atoms with E-state index >= 15 is 0 Å². The van der Waals surface area contributed by atoms with Gasteiger partial charge in [-0.3, -0.25) is 0 Å². The molecule has 0 aliphatic carbocycles. The van der Waals surface area contributed by atoms with Gasteiger partial charge in [0, 0.05) is 31.3 Å². The number of anilines is 1. The average Bonchev–Trinajstić information content (AvgIpc) is 2.37. The van der Waals surface area contributed by atoms with Crippen molar-refractivity contribution in [3.63, 3.8) is 0 Å². The molecule has 19 heavy (non-hydrogen) atoms. The van der Waals surface area contributed by atoms with E-state index in [4.69, 9.17) is 10.5 Å². The largest absolute Gasteiger partial charge is 0.384 e. The van der Waals surface area contributed by atoms with E-state index in [0.717, 1.165) is 11.3 Å². The topological polar surface area (TPSA) is 76.4 Å². The van der Waals surface area contributed by atoms with Gasteiger partial charge in [0.1, 0.15) is 0 Å². The summed E-state index contributed by atoms with van der Waals surface area (Å²) < 4.78 is 5.10. The SMILES string of the molecule is COCC(C)(C)CNC(=O)Nc1ccc(CN)cc1. The third-order valence-electron chi connectivity index (χ3n) is 2.71. The highest BCUT2D eigenvalue weighted by Crippen LogP contribution is 2.13. The summed E-state index contributed by atoms with van der Waals surface area (Å²) in [5.74, 6) is 0. The number of hydrogen-bond acceptors (Lipinski definition) is 3. The van der Waals surface area contributed by atoms with Gasteiger partial charge in [-0.05, 0) is 17.7 Å². The molecule has 0 spiro atoms. The molecule has 0 aromatic heterocycles. The summed E-state index contributed by atoms with van der Waals surface area (Å²) in [7, 11) is 1.65. The summed E-state index contributed by atoms with van der Waals surface area (Å²) in [4.78, 5) is 11.7. The highest BCUT2D eigenvalue weighted by molar-refractivity contribution is 5.89. The van der Waals surface area contributed by atoms with E-state index in [1.165, 1.54) is 0 Å². The van der Waals surface area contributed by atoms with Crippen LogP contribution in [0.25, 0.3) is 0 Å². The standard InChI is InChI=1S/C14H23N3O2/c1-14(2,10-19-3)9-16-13(18)17-12-6-4-11(8-15)5-7-12/h4-7H,8-10,15H2,1-3H3,(H2,16,17,18). The molecule has 4 N–H and O–H groups in total. The zero-order chi connectivity index (χ0) is 14.3. The molecule has 0 fully saturated rings. The molecule has 0 saturated heterocycles. The monoisotopic (exact) mass is 265 g/mol. The Morgan fingerprint density at radius 3 is 2.47 bits per heavy atom. The maximum Gasteiger partial charge on any atom is 0.319 e. The number of hydrogen-bond donors (Lipinski definition) is 3. The van der Waals surface area contributed by atoms with Crippen LogP contribution in [0, 0.1) is 5.41 Å². The van der Waals surface area contributed by atoms with Crippen molar-refractivity contribution in [3.05, 3.63) is 29.8 Å². The first-order chi connectivity index (χ1) is 8.96. The van der Waals surface area contributed by atoms with E-state index < -0.39 is 0 Å². The number of benzene rings is 1. The molecule has 1 aromatic rings. The van der Waals surface area contributed by atoms with Crippen LogP contribution in [0.1, 0.15) is 19.4 Å². The Morgan fingerprint density at radius 1 is 1.32 bits per heavy atom. The van der Waals surface area contributed by atoms with E-state index in [2.05, 4.69) is 10.6 Å². The quantitative estimate of drug-likeness (QED) is 0.735. The number of nitrogens with two attached hydrogens (primary N) is 1. The second kappa shape index (κ2) is 7.11. The van der Waals surface area contributed by atoms with Crippen molar-refractivity contribution in [2.75, 3.05) is 25.6 Å². The van der Waals surface area contributed by atoms with Crippen molar-refractivity contribution in [2.24, 2.45) is 11.1 Å². The molecule has 0 atom stereocenters. The number of ether oxygens (including phenoxy) is 1. The number of amides is 2. The van der Waals surface area contributed by atoms with E-state index in [9.17, 15) is 4.79 Å². The van der Waals surface area contributed by atoms with Gasteiger partial charge in [0.2, 0.25) is 0 Å². The molecule has 1 aromatic carbocycles. The lowest BCUT2D eigenvalue weighted by Crippen LogP contribution is -2.38. The number of carbonyl (C=O) groups excluding carboxylic acids is 1. The number of rotatable bonds is 6. The van der Waals surface area contributed by atoms with E-state index in [1.54, 1.807) is 7.11 Å². The molecule has 1 rings (SSSR count). The van der Waals surface area contributed by atoms with Gasteiger partial charge < -0.3 is 21.1 Å². The van der Waals surface area contributed by atoms with E-state index in [0.29, 0.717) is 19.7 Å². The van der Waals surface area contributed by atoms with Crippen molar-refractivity contribution in [1.29, 1.82) is 0 Å². The van der Waals surface area contributed by atoms with Crippen LogP contribution in [0.15, 0.2) is 24.3 Å². The van der Waals surface area contributed by atoms with Crippen molar-refractivity contribution < 1.29 is 9.53 Å². The van der Waals surface area contributed by atoms with Crippen LogP contribution in [0.5, 0.6) is 0 Å². The van der Waals surface area contributed by atoms with Crippen LogP contribution in [0.4, 0.5) is 10.5 Å². The maximum absolute atomic E-state index is 11.7. The molecule has 5 heteroatoms. The molecule has 2 amide bonds. The fraction of sp³-hybridized carbons (Fsp3) is 0.500. The van der Waals surface area contributed by atoms with Crippen LogP contribution in [-0.2, 0) is 11.3 Å². The molecule has 0 unspecified atom stereocenters. The smallest absolute Gasteiger partial charge is 0.319 e. The minimum atomic E-state index is -0.218. The molecule has 0 heterocycles. The lowest BCUT2D eigenvalue weighted by atomic mass is 9.95. The minimum absolute atomic E-state index is 0.0878. The first-order valence-corrected chi connectivity index (χ1v) is 6.29. The Balaban J connectivity index is 2.42. The fourth-order valence-corrected chi connectivity index (χ4v) is 1.66. The Labute approximate surface area is 114 Å². The van der Waals surface area contributed by atoms with Gasteiger partial charge in [0.05, 0.1) is 6.61 Å². The number of urea groups is 1. The zero-order valence-corrected chi connectivity index (χ0v) is 11.8. The van der Waals surface area contributed by atoms with Crippen LogP contribution >= 0.6 is 0 Å². The summed E-state index contributed by atoms with van der Waals surface area (Å²) in [6.07, 6.45) is 0. The summed E-state index contributed by atoms with van der Waals surface area (Å²) in [6, 6.07) is 7.24. The second-order valence-corrected chi connectivity index (χ2v) is 5.31. The predicted octanol–water partition coefficient (Wildman–Crippen LogP) is 1.94.